The number of halogens is 1. The van der Waals surface area contributed by atoms with Crippen LogP contribution < -0.4 is 10.6 Å². The van der Waals surface area contributed by atoms with Crippen LogP contribution in [0, 0.1) is 10.8 Å². The van der Waals surface area contributed by atoms with E-state index in [1.807, 2.05) is 18.2 Å². The van der Waals surface area contributed by atoms with Crippen LogP contribution in [0.25, 0.3) is 5.57 Å². The normalized spacial score (nSPS) is 17.9. The van der Waals surface area contributed by atoms with Gasteiger partial charge in [-0.2, -0.15) is 0 Å². The van der Waals surface area contributed by atoms with Gasteiger partial charge in [0.05, 0.1) is 5.69 Å². The van der Waals surface area contributed by atoms with E-state index in [-0.39, 0.29) is 19.1 Å². The number of fused-ring (bicyclic) bond motifs is 1. The molecule has 24 heavy (non-hydrogen) atoms. The Labute approximate surface area is 147 Å². The van der Waals surface area contributed by atoms with Crippen molar-refractivity contribution in [2.75, 3.05) is 11.9 Å². The number of benzene rings is 1. The van der Waals surface area contributed by atoms with Crippen molar-refractivity contribution < 1.29 is 0 Å². The maximum Gasteiger partial charge on any atom is 0.133 e. The van der Waals surface area contributed by atoms with E-state index in [0.29, 0.717) is 16.4 Å². The average molecular weight is 347 g/mol. The molecule has 1 aromatic rings. The molecule has 2 rings (SSSR count). The molecule has 0 bridgehead atoms. The van der Waals surface area contributed by atoms with Crippen molar-refractivity contribution in [3.05, 3.63) is 35.5 Å². The zero-order chi connectivity index (χ0) is 17.1. The molecule has 1 atom stereocenters. The van der Waals surface area contributed by atoms with Gasteiger partial charge in [-0.3, -0.25) is 25.7 Å². The molecule has 0 aromatic heterocycles. The summed E-state index contributed by atoms with van der Waals surface area (Å²) in [6.45, 7) is 3.41. The minimum absolute atomic E-state index is 0. The van der Waals surface area contributed by atoms with Crippen molar-refractivity contribution in [3.8, 4) is 0 Å². The molecule has 0 unspecified atom stereocenters. The molecule has 0 saturated heterocycles. The molecule has 128 valence electrons. The Morgan fingerprint density at radius 2 is 2.12 bits per heavy atom. The van der Waals surface area contributed by atoms with E-state index in [2.05, 4.69) is 9.98 Å². The summed E-state index contributed by atoms with van der Waals surface area (Å²) in [7, 11) is 1.67. The zero-order valence-corrected chi connectivity index (χ0v) is 14.0. The molecule has 7 heteroatoms. The van der Waals surface area contributed by atoms with Crippen LogP contribution in [-0.2, 0) is 0 Å². The highest BCUT2D eigenvalue weighted by atomic mass is 35.5. The lowest BCUT2D eigenvalue weighted by Gasteiger charge is -2.25. The number of aliphatic imine (C=N–C) groups is 2. The highest BCUT2D eigenvalue weighted by Gasteiger charge is 2.27. The van der Waals surface area contributed by atoms with Gasteiger partial charge in [0, 0.05) is 30.6 Å². The summed E-state index contributed by atoms with van der Waals surface area (Å²) in [4.78, 5) is 9.87. The summed E-state index contributed by atoms with van der Waals surface area (Å²) >= 11 is 6.35. The second-order valence-corrected chi connectivity index (χ2v) is 5.50. The highest BCUT2D eigenvalue weighted by molar-refractivity contribution is 6.70. The van der Waals surface area contributed by atoms with E-state index in [4.69, 9.17) is 28.2 Å². The topological polar surface area (TPSA) is 102 Å². The van der Waals surface area contributed by atoms with Gasteiger partial charge in [0.25, 0.3) is 0 Å². The fourth-order valence-corrected chi connectivity index (χ4v) is 2.71. The number of anilines is 1. The van der Waals surface area contributed by atoms with Crippen molar-refractivity contribution in [1.82, 2.24) is 0 Å². The summed E-state index contributed by atoms with van der Waals surface area (Å²) in [5.74, 6) is 0.453. The van der Waals surface area contributed by atoms with E-state index in [9.17, 15) is 0 Å². The van der Waals surface area contributed by atoms with Gasteiger partial charge in [0.2, 0.25) is 0 Å². The first kappa shape index (κ1) is 19.6. The molecule has 1 aliphatic heterocycles. The largest absolute Gasteiger partial charge is 0.404 e. The smallest absolute Gasteiger partial charge is 0.133 e. The molecule has 4 N–H and O–H groups in total. The SMILES string of the molecule is C.CN=C/C(=C\N)c1ccc2c(c1)C(Cl)=N[C@@H](C)C(=N)N2C(C)=N. The Morgan fingerprint density at radius 3 is 2.67 bits per heavy atom. The summed E-state index contributed by atoms with van der Waals surface area (Å²) in [6, 6.07) is 5.10. The molecule has 1 aromatic carbocycles. The number of nitrogens with zero attached hydrogens (tertiary/aromatic N) is 3. The van der Waals surface area contributed by atoms with Gasteiger partial charge in [0.1, 0.15) is 22.9 Å². The molecule has 6 nitrogen and oxygen atoms in total. The first-order valence-electron chi connectivity index (χ1n) is 7.06. The number of rotatable bonds is 2. The van der Waals surface area contributed by atoms with Gasteiger partial charge >= 0.3 is 0 Å². The van der Waals surface area contributed by atoms with Crippen LogP contribution in [0.15, 0.2) is 34.4 Å². The first-order chi connectivity index (χ1) is 10.9. The number of hydrogen-bond donors (Lipinski definition) is 3. The van der Waals surface area contributed by atoms with E-state index < -0.39 is 6.04 Å². The highest BCUT2D eigenvalue weighted by Crippen LogP contribution is 2.30. The Morgan fingerprint density at radius 1 is 1.46 bits per heavy atom. The monoisotopic (exact) mass is 346 g/mol. The van der Waals surface area contributed by atoms with Gasteiger partial charge in [-0.25, -0.2) is 0 Å². The summed E-state index contributed by atoms with van der Waals surface area (Å²) in [6.07, 6.45) is 3.13. The standard InChI is InChI=1S/C16H19ClN6.CH4/c1-9-16(20)23(10(2)19)14-5-4-11(12(7-18)8-21-3)6-13(14)15(17)22-9;/h4-9,19-20H,18H2,1-3H3;1H4/b12-7+,19-10?,20-16?,21-8?;/t9-;/m0./s1. The van der Waals surface area contributed by atoms with Gasteiger partial charge in [-0.1, -0.05) is 25.1 Å². The maximum absolute atomic E-state index is 8.25. The lowest BCUT2D eigenvalue weighted by molar-refractivity contribution is 0.953. The fourth-order valence-electron chi connectivity index (χ4n) is 2.41. The average Bonchev–Trinajstić information content (AvgIpc) is 2.60. The number of allylic oxidation sites excluding steroid dienone is 1. The van der Waals surface area contributed by atoms with Crippen LogP contribution in [0.5, 0.6) is 0 Å². The molecule has 0 fully saturated rings. The molecule has 0 amide bonds. The van der Waals surface area contributed by atoms with Gasteiger partial charge in [0.15, 0.2) is 0 Å². The predicted octanol–water partition coefficient (Wildman–Crippen LogP) is 3.49. The number of amidine groups is 2. The summed E-state index contributed by atoms with van der Waals surface area (Å²) < 4.78 is 0. The second kappa shape index (κ2) is 7.88. The van der Waals surface area contributed by atoms with E-state index in [0.717, 1.165) is 11.1 Å². The molecule has 0 saturated carbocycles. The van der Waals surface area contributed by atoms with E-state index in [1.54, 1.807) is 32.0 Å². The number of nitrogens with two attached hydrogens (primary N) is 1. The van der Waals surface area contributed by atoms with Crippen molar-refractivity contribution >= 4 is 45.9 Å². The Bertz CT molecular complexity index is 747. The predicted molar refractivity (Wildman–Crippen MR) is 105 cm³/mol. The number of benzodiazepines with no additional fused rings is 1. The van der Waals surface area contributed by atoms with Gasteiger partial charge < -0.3 is 5.73 Å². The molecular weight excluding hydrogens is 324 g/mol. The van der Waals surface area contributed by atoms with Gasteiger partial charge in [-0.15, -0.1) is 0 Å². The molecular formula is C17H23ClN6. The molecule has 0 aliphatic carbocycles. The van der Waals surface area contributed by atoms with Crippen LogP contribution in [0.4, 0.5) is 5.69 Å². The molecule has 0 spiro atoms. The van der Waals surface area contributed by atoms with Crippen LogP contribution >= 0.6 is 11.6 Å². The fraction of sp³-hybridized carbons (Fsp3) is 0.294. The minimum Gasteiger partial charge on any atom is -0.404 e. The Balaban J connectivity index is 0.00000288. The van der Waals surface area contributed by atoms with Crippen LogP contribution in [-0.4, -0.2) is 36.1 Å². The second-order valence-electron chi connectivity index (χ2n) is 5.14. The molecule has 0 radical (unpaired) electrons. The van der Waals surface area contributed by atoms with Crippen molar-refractivity contribution in [2.24, 2.45) is 15.7 Å². The lowest BCUT2D eigenvalue weighted by Crippen LogP contribution is -2.39. The lowest BCUT2D eigenvalue weighted by atomic mass is 10.0. The van der Waals surface area contributed by atoms with Crippen molar-refractivity contribution in [1.29, 1.82) is 10.8 Å². The summed E-state index contributed by atoms with van der Waals surface area (Å²) in [5.41, 5.74) is 8.58. The molecule has 1 heterocycles. The van der Waals surface area contributed by atoms with Crippen LogP contribution in [0.3, 0.4) is 0 Å². The Hall–Kier alpha value is -2.47. The minimum atomic E-state index is -0.430. The zero-order valence-electron chi connectivity index (χ0n) is 13.3. The third-order valence-electron chi connectivity index (χ3n) is 3.52. The Kier molecular flexibility index (Phi) is 6.42. The van der Waals surface area contributed by atoms with E-state index in [1.165, 1.54) is 6.20 Å². The quantitative estimate of drug-likeness (QED) is 0.563. The van der Waals surface area contributed by atoms with Crippen molar-refractivity contribution in [2.45, 2.75) is 27.3 Å². The van der Waals surface area contributed by atoms with E-state index >= 15 is 0 Å². The first-order valence-corrected chi connectivity index (χ1v) is 7.44. The van der Waals surface area contributed by atoms with Crippen LogP contribution in [0.1, 0.15) is 32.4 Å². The van der Waals surface area contributed by atoms with Gasteiger partial charge in [-0.05, 0) is 31.5 Å². The third-order valence-corrected chi connectivity index (χ3v) is 3.82. The number of hydrogen-bond acceptors (Lipinski definition) is 5. The molecule has 1 aliphatic rings. The maximum atomic E-state index is 8.25. The number of nitrogens with one attached hydrogen (secondary N) is 2. The third kappa shape index (κ3) is 3.54. The summed E-state index contributed by atoms with van der Waals surface area (Å²) in [5, 5.41) is 16.5. The van der Waals surface area contributed by atoms with Crippen molar-refractivity contribution in [3.63, 3.8) is 0 Å². The van der Waals surface area contributed by atoms with Crippen LogP contribution in [0.2, 0.25) is 0 Å².